The Labute approximate surface area is 83.0 Å². The number of nitrogens with zero attached hydrogens (tertiary/aromatic N) is 1. The maximum absolute atomic E-state index is 11.5. The van der Waals surface area contributed by atoms with Crippen molar-refractivity contribution in [3.8, 4) is 5.75 Å². The van der Waals surface area contributed by atoms with Gasteiger partial charge in [0, 0.05) is 19.5 Å². The summed E-state index contributed by atoms with van der Waals surface area (Å²) in [6.45, 7) is 0. The van der Waals surface area contributed by atoms with Crippen molar-refractivity contribution in [2.45, 2.75) is 19.3 Å². The molecule has 0 radical (unpaired) electrons. The molecule has 1 aromatic carbocycles. The van der Waals surface area contributed by atoms with E-state index in [2.05, 4.69) is 0 Å². The Morgan fingerprint density at radius 1 is 1.36 bits per heavy atom. The fourth-order valence-electron chi connectivity index (χ4n) is 1.81. The molecular formula is C11H13NO2. The van der Waals surface area contributed by atoms with Crippen molar-refractivity contribution in [2.24, 2.45) is 0 Å². The Bertz CT molecular complexity index is 374. The van der Waals surface area contributed by atoms with Crippen molar-refractivity contribution >= 4 is 11.6 Å². The van der Waals surface area contributed by atoms with Crippen LogP contribution in [-0.2, 0) is 11.2 Å². The number of phenols is 1. The summed E-state index contributed by atoms with van der Waals surface area (Å²) in [5.74, 6) is 0.333. The van der Waals surface area contributed by atoms with Crippen LogP contribution in [0.1, 0.15) is 18.4 Å². The van der Waals surface area contributed by atoms with Crippen LogP contribution >= 0.6 is 0 Å². The zero-order valence-corrected chi connectivity index (χ0v) is 8.16. The molecule has 0 saturated carbocycles. The van der Waals surface area contributed by atoms with Gasteiger partial charge in [-0.2, -0.15) is 0 Å². The average Bonchev–Trinajstić information content (AvgIpc) is 2.30. The van der Waals surface area contributed by atoms with E-state index in [0.29, 0.717) is 6.42 Å². The van der Waals surface area contributed by atoms with Crippen LogP contribution in [0.15, 0.2) is 18.2 Å². The number of carbonyl (C=O) groups excluding carboxylic acids is 1. The molecule has 0 fully saturated rings. The molecule has 3 heteroatoms. The lowest BCUT2D eigenvalue weighted by Gasteiger charge is -2.17. The largest absolute Gasteiger partial charge is 0.508 e. The monoisotopic (exact) mass is 191 g/mol. The summed E-state index contributed by atoms with van der Waals surface area (Å²) in [6.07, 6.45) is 2.39. The fourth-order valence-corrected chi connectivity index (χ4v) is 1.81. The second-order valence-corrected chi connectivity index (χ2v) is 3.62. The normalized spacial score (nSPS) is 16.4. The minimum absolute atomic E-state index is 0.120. The summed E-state index contributed by atoms with van der Waals surface area (Å²) in [4.78, 5) is 13.2. The molecule has 2 rings (SSSR count). The van der Waals surface area contributed by atoms with Crippen LogP contribution in [0.25, 0.3) is 0 Å². The molecule has 0 bridgehead atoms. The van der Waals surface area contributed by atoms with E-state index < -0.39 is 0 Å². The van der Waals surface area contributed by atoms with E-state index in [9.17, 15) is 9.90 Å². The molecule has 1 amide bonds. The van der Waals surface area contributed by atoms with Gasteiger partial charge in [-0.25, -0.2) is 0 Å². The van der Waals surface area contributed by atoms with E-state index in [1.54, 1.807) is 24.1 Å². The van der Waals surface area contributed by atoms with E-state index in [-0.39, 0.29) is 11.7 Å². The van der Waals surface area contributed by atoms with E-state index in [0.717, 1.165) is 24.1 Å². The second kappa shape index (κ2) is 3.33. The molecule has 0 atom stereocenters. The summed E-state index contributed by atoms with van der Waals surface area (Å²) in [7, 11) is 1.76. The molecule has 0 unspecified atom stereocenters. The first kappa shape index (κ1) is 9.06. The lowest BCUT2D eigenvalue weighted by molar-refractivity contribution is -0.118. The molecule has 0 spiro atoms. The van der Waals surface area contributed by atoms with Gasteiger partial charge in [0.25, 0.3) is 0 Å². The fraction of sp³-hybridized carbons (Fsp3) is 0.364. The van der Waals surface area contributed by atoms with Gasteiger partial charge in [0.05, 0.1) is 5.69 Å². The average molecular weight is 191 g/mol. The molecule has 0 aliphatic carbocycles. The van der Waals surface area contributed by atoms with Crippen LogP contribution in [0.2, 0.25) is 0 Å². The van der Waals surface area contributed by atoms with Crippen molar-refractivity contribution < 1.29 is 9.90 Å². The number of anilines is 1. The number of phenolic OH excluding ortho intramolecular Hbond substituents is 1. The minimum atomic E-state index is 0.120. The number of amides is 1. The summed E-state index contributed by atoms with van der Waals surface area (Å²) in [5.41, 5.74) is 1.98. The van der Waals surface area contributed by atoms with E-state index in [1.165, 1.54) is 0 Å². The number of fused-ring (bicyclic) bond motifs is 1. The van der Waals surface area contributed by atoms with E-state index in [1.807, 2.05) is 6.07 Å². The molecule has 74 valence electrons. The van der Waals surface area contributed by atoms with Crippen LogP contribution < -0.4 is 4.90 Å². The highest BCUT2D eigenvalue weighted by Gasteiger charge is 2.18. The quantitative estimate of drug-likeness (QED) is 0.678. The lowest BCUT2D eigenvalue weighted by atomic mass is 10.1. The van der Waals surface area contributed by atoms with Crippen LogP contribution in [0, 0.1) is 0 Å². The van der Waals surface area contributed by atoms with E-state index in [4.69, 9.17) is 0 Å². The molecule has 14 heavy (non-hydrogen) atoms. The second-order valence-electron chi connectivity index (χ2n) is 3.62. The lowest BCUT2D eigenvalue weighted by Crippen LogP contribution is -2.24. The predicted molar refractivity (Wildman–Crippen MR) is 54.5 cm³/mol. The summed E-state index contributed by atoms with van der Waals surface area (Å²) < 4.78 is 0. The van der Waals surface area contributed by atoms with Gasteiger partial charge in [-0.15, -0.1) is 0 Å². The number of aryl methyl sites for hydroxylation is 1. The maximum Gasteiger partial charge on any atom is 0.226 e. The Kier molecular flexibility index (Phi) is 2.15. The number of hydrogen-bond acceptors (Lipinski definition) is 2. The summed E-state index contributed by atoms with van der Waals surface area (Å²) in [6, 6.07) is 5.21. The minimum Gasteiger partial charge on any atom is -0.508 e. The Hall–Kier alpha value is -1.51. The van der Waals surface area contributed by atoms with Gasteiger partial charge in [-0.1, -0.05) is 6.07 Å². The molecule has 1 aliphatic heterocycles. The first-order valence-corrected chi connectivity index (χ1v) is 4.77. The maximum atomic E-state index is 11.5. The van der Waals surface area contributed by atoms with Gasteiger partial charge < -0.3 is 10.0 Å². The van der Waals surface area contributed by atoms with Gasteiger partial charge in [0.1, 0.15) is 5.75 Å². The van der Waals surface area contributed by atoms with Gasteiger partial charge in [0.2, 0.25) is 5.91 Å². The molecule has 1 heterocycles. The van der Waals surface area contributed by atoms with Crippen molar-refractivity contribution in [1.29, 1.82) is 0 Å². The Morgan fingerprint density at radius 2 is 2.14 bits per heavy atom. The Balaban J connectivity index is 2.49. The first-order chi connectivity index (χ1) is 6.68. The van der Waals surface area contributed by atoms with Crippen LogP contribution in [0.5, 0.6) is 5.75 Å². The molecule has 1 aromatic rings. The summed E-state index contributed by atoms with van der Waals surface area (Å²) in [5, 5.41) is 9.35. The predicted octanol–water partition coefficient (Wildman–Crippen LogP) is 1.69. The summed E-state index contributed by atoms with van der Waals surface area (Å²) >= 11 is 0. The first-order valence-electron chi connectivity index (χ1n) is 4.77. The molecule has 1 N–H and O–H groups in total. The van der Waals surface area contributed by atoms with Crippen molar-refractivity contribution in [2.75, 3.05) is 11.9 Å². The molecular weight excluding hydrogens is 178 g/mol. The van der Waals surface area contributed by atoms with Gasteiger partial charge in [-0.3, -0.25) is 4.79 Å². The number of hydrogen-bond donors (Lipinski definition) is 1. The van der Waals surface area contributed by atoms with Crippen molar-refractivity contribution in [1.82, 2.24) is 0 Å². The standard InChI is InChI=1S/C11H13NO2/c1-12-10-7-9(13)6-5-8(10)3-2-4-11(12)14/h5-7,13H,2-4H2,1H3. The van der Waals surface area contributed by atoms with Gasteiger partial charge in [-0.05, 0) is 24.5 Å². The molecule has 0 aromatic heterocycles. The third-order valence-corrected chi connectivity index (χ3v) is 2.64. The smallest absolute Gasteiger partial charge is 0.226 e. The molecule has 1 aliphatic rings. The van der Waals surface area contributed by atoms with Gasteiger partial charge in [0.15, 0.2) is 0 Å². The topological polar surface area (TPSA) is 40.5 Å². The van der Waals surface area contributed by atoms with Crippen molar-refractivity contribution in [3.63, 3.8) is 0 Å². The number of aromatic hydroxyl groups is 1. The Morgan fingerprint density at radius 3 is 2.93 bits per heavy atom. The number of rotatable bonds is 0. The zero-order valence-electron chi connectivity index (χ0n) is 8.16. The third kappa shape index (κ3) is 1.45. The SMILES string of the molecule is CN1C(=O)CCCc2ccc(O)cc21. The van der Waals surface area contributed by atoms with Crippen LogP contribution in [0.4, 0.5) is 5.69 Å². The van der Waals surface area contributed by atoms with Crippen LogP contribution in [0.3, 0.4) is 0 Å². The van der Waals surface area contributed by atoms with Crippen molar-refractivity contribution in [3.05, 3.63) is 23.8 Å². The number of carbonyl (C=O) groups is 1. The highest BCUT2D eigenvalue weighted by molar-refractivity contribution is 5.94. The third-order valence-electron chi connectivity index (χ3n) is 2.64. The zero-order chi connectivity index (χ0) is 10.1. The van der Waals surface area contributed by atoms with Crippen LogP contribution in [-0.4, -0.2) is 18.1 Å². The number of benzene rings is 1. The molecule has 3 nitrogen and oxygen atoms in total. The van der Waals surface area contributed by atoms with E-state index >= 15 is 0 Å². The highest BCUT2D eigenvalue weighted by atomic mass is 16.3. The van der Waals surface area contributed by atoms with Gasteiger partial charge >= 0.3 is 0 Å². The highest BCUT2D eigenvalue weighted by Crippen LogP contribution is 2.29. The molecule has 0 saturated heterocycles.